The van der Waals surface area contributed by atoms with Crippen molar-refractivity contribution in [1.29, 1.82) is 0 Å². The van der Waals surface area contributed by atoms with E-state index in [1.165, 1.54) is 19.3 Å². The molecule has 1 heterocycles. The first-order valence-corrected chi connectivity index (χ1v) is 9.77. The normalized spacial score (nSPS) is 22.3. The monoisotopic (exact) mass is 337 g/mol. The first-order valence-electron chi connectivity index (χ1n) is 9.77. The van der Waals surface area contributed by atoms with Crippen molar-refractivity contribution in [2.24, 2.45) is 11.8 Å². The van der Waals surface area contributed by atoms with E-state index in [0.29, 0.717) is 12.5 Å². The van der Waals surface area contributed by atoms with Crippen LogP contribution in [0.1, 0.15) is 65.7 Å². The fourth-order valence-electron chi connectivity index (χ4n) is 3.59. The van der Waals surface area contributed by atoms with Crippen LogP contribution < -0.4 is 10.6 Å². The van der Waals surface area contributed by atoms with Crippen LogP contribution in [0.5, 0.6) is 0 Å². The third-order valence-electron chi connectivity index (χ3n) is 5.67. The summed E-state index contributed by atoms with van der Waals surface area (Å²) in [5.41, 5.74) is 0. The minimum absolute atomic E-state index is 0.112. The molecule has 138 valence electrons. The Morgan fingerprint density at radius 2 is 1.62 bits per heavy atom. The first kappa shape index (κ1) is 19.2. The van der Waals surface area contributed by atoms with E-state index in [1.807, 2.05) is 0 Å². The molecule has 1 atom stereocenters. The molecule has 0 aromatic heterocycles. The zero-order valence-electron chi connectivity index (χ0n) is 15.6. The van der Waals surface area contributed by atoms with Crippen molar-refractivity contribution in [2.45, 2.75) is 77.8 Å². The Hall–Kier alpha value is -1.10. The van der Waals surface area contributed by atoms with Gasteiger partial charge in [0.05, 0.1) is 6.54 Å². The number of amides is 2. The van der Waals surface area contributed by atoms with Gasteiger partial charge in [0.2, 0.25) is 11.8 Å². The highest BCUT2D eigenvalue weighted by Crippen LogP contribution is 2.24. The summed E-state index contributed by atoms with van der Waals surface area (Å²) >= 11 is 0. The zero-order chi connectivity index (χ0) is 17.5. The molecule has 0 radical (unpaired) electrons. The fourth-order valence-corrected chi connectivity index (χ4v) is 3.59. The van der Waals surface area contributed by atoms with Crippen molar-refractivity contribution >= 4 is 11.8 Å². The Labute approximate surface area is 146 Å². The van der Waals surface area contributed by atoms with E-state index in [2.05, 4.69) is 36.3 Å². The van der Waals surface area contributed by atoms with Crippen LogP contribution in [-0.2, 0) is 9.59 Å². The molecule has 2 aliphatic rings. The van der Waals surface area contributed by atoms with E-state index in [9.17, 15) is 9.59 Å². The molecule has 0 bridgehead atoms. The summed E-state index contributed by atoms with van der Waals surface area (Å²) < 4.78 is 0. The van der Waals surface area contributed by atoms with Gasteiger partial charge in [0.15, 0.2) is 0 Å². The number of piperidine rings is 1. The molecule has 1 aliphatic carbocycles. The van der Waals surface area contributed by atoms with Crippen LogP contribution >= 0.6 is 0 Å². The molecule has 0 aromatic carbocycles. The van der Waals surface area contributed by atoms with Crippen molar-refractivity contribution in [2.75, 3.05) is 19.6 Å². The second kappa shape index (κ2) is 9.40. The molecule has 2 rings (SSSR count). The molecule has 2 amide bonds. The third kappa shape index (κ3) is 6.08. The number of carbonyl (C=O) groups excluding carboxylic acids is 2. The van der Waals surface area contributed by atoms with E-state index < -0.39 is 0 Å². The molecule has 1 unspecified atom stereocenters. The van der Waals surface area contributed by atoms with Gasteiger partial charge >= 0.3 is 0 Å². The predicted molar refractivity (Wildman–Crippen MR) is 96.6 cm³/mol. The summed E-state index contributed by atoms with van der Waals surface area (Å²) in [6.07, 6.45) is 7.68. The van der Waals surface area contributed by atoms with Crippen molar-refractivity contribution < 1.29 is 9.59 Å². The number of rotatable bonds is 6. The van der Waals surface area contributed by atoms with Gasteiger partial charge < -0.3 is 10.6 Å². The van der Waals surface area contributed by atoms with E-state index in [0.717, 1.165) is 38.8 Å². The van der Waals surface area contributed by atoms with E-state index >= 15 is 0 Å². The maximum atomic E-state index is 12.3. The lowest BCUT2D eigenvalue weighted by Crippen LogP contribution is -2.49. The maximum Gasteiger partial charge on any atom is 0.234 e. The average molecular weight is 338 g/mol. The number of carbonyl (C=O) groups is 2. The number of nitrogens with zero attached hydrogens (tertiary/aromatic N) is 1. The molecule has 5 heteroatoms. The van der Waals surface area contributed by atoms with E-state index in [4.69, 9.17) is 0 Å². The molecular formula is C19H35N3O2. The van der Waals surface area contributed by atoms with Gasteiger partial charge in [-0.2, -0.15) is 0 Å². The minimum atomic E-state index is 0.112. The Balaban J connectivity index is 1.65. The van der Waals surface area contributed by atoms with E-state index in [-0.39, 0.29) is 29.8 Å². The van der Waals surface area contributed by atoms with Crippen LogP contribution in [-0.4, -0.2) is 48.4 Å². The van der Waals surface area contributed by atoms with Gasteiger partial charge in [0.25, 0.3) is 0 Å². The van der Waals surface area contributed by atoms with Crippen molar-refractivity contribution in [3.63, 3.8) is 0 Å². The molecule has 2 N–H and O–H groups in total. The summed E-state index contributed by atoms with van der Waals surface area (Å²) in [6, 6.07) is 0.498. The Morgan fingerprint density at radius 1 is 1.00 bits per heavy atom. The highest BCUT2D eigenvalue weighted by atomic mass is 16.2. The van der Waals surface area contributed by atoms with Gasteiger partial charge in [0, 0.05) is 31.1 Å². The highest BCUT2D eigenvalue weighted by Gasteiger charge is 2.26. The summed E-state index contributed by atoms with van der Waals surface area (Å²) in [5.74, 6) is 1.06. The lowest BCUT2D eigenvalue weighted by molar-refractivity contribution is -0.127. The molecule has 0 aromatic rings. The fraction of sp³-hybridized carbons (Fsp3) is 0.895. The molecule has 5 nitrogen and oxygen atoms in total. The predicted octanol–water partition coefficient (Wildman–Crippen LogP) is 2.31. The Morgan fingerprint density at radius 3 is 2.21 bits per heavy atom. The highest BCUT2D eigenvalue weighted by molar-refractivity contribution is 5.79. The molecule has 1 saturated heterocycles. The number of likely N-dealkylation sites (tertiary alicyclic amines) is 1. The lowest BCUT2D eigenvalue weighted by Gasteiger charge is -2.33. The number of hydrogen-bond donors (Lipinski definition) is 2. The topological polar surface area (TPSA) is 61.4 Å². The van der Waals surface area contributed by atoms with Crippen LogP contribution in [0.2, 0.25) is 0 Å². The maximum absolute atomic E-state index is 12.3. The van der Waals surface area contributed by atoms with Gasteiger partial charge in [-0.3, -0.25) is 14.5 Å². The van der Waals surface area contributed by atoms with Gasteiger partial charge in [0.1, 0.15) is 0 Å². The third-order valence-corrected chi connectivity index (χ3v) is 5.67. The lowest BCUT2D eigenvalue weighted by atomic mass is 9.88. The van der Waals surface area contributed by atoms with Crippen LogP contribution in [0.4, 0.5) is 0 Å². The summed E-state index contributed by atoms with van der Waals surface area (Å²) in [5, 5.41) is 6.31. The van der Waals surface area contributed by atoms with Crippen molar-refractivity contribution in [1.82, 2.24) is 15.5 Å². The molecule has 2 fully saturated rings. The van der Waals surface area contributed by atoms with E-state index in [1.54, 1.807) is 0 Å². The molecular weight excluding hydrogens is 302 g/mol. The molecule has 1 saturated carbocycles. The summed E-state index contributed by atoms with van der Waals surface area (Å²) in [6.45, 7) is 8.53. The zero-order valence-corrected chi connectivity index (χ0v) is 15.6. The quantitative estimate of drug-likeness (QED) is 0.782. The molecule has 24 heavy (non-hydrogen) atoms. The largest absolute Gasteiger partial charge is 0.353 e. The Bertz CT molecular complexity index is 411. The second-order valence-electron chi connectivity index (χ2n) is 7.99. The van der Waals surface area contributed by atoms with Gasteiger partial charge in [-0.25, -0.2) is 0 Å². The summed E-state index contributed by atoms with van der Waals surface area (Å²) in [4.78, 5) is 26.6. The smallest absolute Gasteiger partial charge is 0.234 e. The Kier molecular flexibility index (Phi) is 7.53. The number of nitrogens with one attached hydrogen (secondary N) is 2. The second-order valence-corrected chi connectivity index (χ2v) is 7.99. The standard InChI is InChI=1S/C19H35N3O2/c1-14(2)15(3)20-18(23)13-22-11-9-17(10-12-22)21-19(24)16-7-5-4-6-8-16/h14-17H,4-13H2,1-3H3,(H,20,23)(H,21,24). The van der Waals surface area contributed by atoms with Crippen LogP contribution in [0, 0.1) is 11.8 Å². The van der Waals surface area contributed by atoms with Gasteiger partial charge in [-0.05, 0) is 38.5 Å². The average Bonchev–Trinajstić information content (AvgIpc) is 2.57. The van der Waals surface area contributed by atoms with Gasteiger partial charge in [-0.1, -0.05) is 33.1 Å². The van der Waals surface area contributed by atoms with Crippen LogP contribution in [0.3, 0.4) is 0 Å². The van der Waals surface area contributed by atoms with Crippen molar-refractivity contribution in [3.05, 3.63) is 0 Å². The minimum Gasteiger partial charge on any atom is -0.353 e. The SMILES string of the molecule is CC(C)C(C)NC(=O)CN1CCC(NC(=O)C2CCCCC2)CC1. The van der Waals surface area contributed by atoms with Crippen LogP contribution in [0.25, 0.3) is 0 Å². The summed E-state index contributed by atoms with van der Waals surface area (Å²) in [7, 11) is 0. The molecule has 1 aliphatic heterocycles. The van der Waals surface area contributed by atoms with Crippen molar-refractivity contribution in [3.8, 4) is 0 Å². The van der Waals surface area contributed by atoms with Crippen LogP contribution in [0.15, 0.2) is 0 Å². The first-order chi connectivity index (χ1) is 11.5. The number of hydrogen-bond acceptors (Lipinski definition) is 3. The van der Waals surface area contributed by atoms with Gasteiger partial charge in [-0.15, -0.1) is 0 Å². The molecule has 0 spiro atoms.